The Morgan fingerprint density at radius 1 is 1.53 bits per heavy atom. The SMILES string of the molecule is CC(C)(C)OC(=O)Nc1cnn(CC(N)=O)c1. The van der Waals surface area contributed by atoms with E-state index in [1.54, 1.807) is 20.8 Å². The molecule has 0 aromatic carbocycles. The third kappa shape index (κ3) is 5.01. The molecule has 0 saturated carbocycles. The number of carbonyl (C=O) groups is 2. The third-order valence-corrected chi connectivity index (χ3v) is 1.60. The lowest BCUT2D eigenvalue weighted by atomic mass is 10.2. The molecule has 94 valence electrons. The number of nitrogens with one attached hydrogen (secondary N) is 1. The van der Waals surface area contributed by atoms with Crippen LogP contribution in [-0.2, 0) is 16.1 Å². The van der Waals surface area contributed by atoms with Gasteiger partial charge in [-0.05, 0) is 20.8 Å². The standard InChI is InChI=1S/C10H16N4O3/c1-10(2,3)17-9(16)13-7-4-12-14(5-7)6-8(11)15/h4-5H,6H2,1-3H3,(H2,11,15)(H,13,16). The fraction of sp³-hybridized carbons (Fsp3) is 0.500. The van der Waals surface area contributed by atoms with Crippen LogP contribution < -0.4 is 11.1 Å². The summed E-state index contributed by atoms with van der Waals surface area (Å²) in [5.74, 6) is -0.503. The van der Waals surface area contributed by atoms with Crippen LogP contribution in [0.3, 0.4) is 0 Å². The molecule has 1 aromatic heterocycles. The summed E-state index contributed by atoms with van der Waals surface area (Å²) >= 11 is 0. The van der Waals surface area contributed by atoms with Crippen molar-refractivity contribution in [1.29, 1.82) is 0 Å². The first-order chi connectivity index (χ1) is 7.76. The molecule has 0 radical (unpaired) electrons. The Hall–Kier alpha value is -2.05. The lowest BCUT2D eigenvalue weighted by molar-refractivity contribution is -0.118. The predicted molar refractivity (Wildman–Crippen MR) is 61.3 cm³/mol. The number of ether oxygens (including phenoxy) is 1. The summed E-state index contributed by atoms with van der Waals surface area (Å²) in [4.78, 5) is 22.0. The number of amides is 2. The molecule has 0 bridgehead atoms. The fourth-order valence-electron chi connectivity index (χ4n) is 1.10. The van der Waals surface area contributed by atoms with Crippen LogP contribution in [0.4, 0.5) is 10.5 Å². The highest BCUT2D eigenvalue weighted by Gasteiger charge is 2.16. The molecule has 0 aliphatic heterocycles. The Morgan fingerprint density at radius 2 is 2.18 bits per heavy atom. The average molecular weight is 240 g/mol. The predicted octanol–water partition coefficient (Wildman–Crippen LogP) is 0.715. The molecule has 1 rings (SSSR count). The maximum absolute atomic E-state index is 11.4. The molecule has 0 unspecified atom stereocenters. The van der Waals surface area contributed by atoms with Gasteiger partial charge in [-0.1, -0.05) is 0 Å². The molecule has 1 aromatic rings. The van der Waals surface area contributed by atoms with E-state index in [0.29, 0.717) is 5.69 Å². The van der Waals surface area contributed by atoms with Crippen LogP contribution in [0.5, 0.6) is 0 Å². The van der Waals surface area contributed by atoms with Gasteiger partial charge < -0.3 is 10.5 Å². The van der Waals surface area contributed by atoms with Gasteiger partial charge in [0.05, 0.1) is 11.9 Å². The molecular weight excluding hydrogens is 224 g/mol. The molecule has 0 aliphatic rings. The topological polar surface area (TPSA) is 99.2 Å². The van der Waals surface area contributed by atoms with E-state index in [0.717, 1.165) is 0 Å². The highest BCUT2D eigenvalue weighted by Crippen LogP contribution is 2.10. The van der Waals surface area contributed by atoms with Crippen molar-refractivity contribution in [3.8, 4) is 0 Å². The highest BCUT2D eigenvalue weighted by molar-refractivity contribution is 5.84. The van der Waals surface area contributed by atoms with Crippen LogP contribution in [0.15, 0.2) is 12.4 Å². The number of nitrogens with two attached hydrogens (primary N) is 1. The number of hydrogen-bond acceptors (Lipinski definition) is 4. The molecule has 7 heteroatoms. The summed E-state index contributed by atoms with van der Waals surface area (Å²) in [6.45, 7) is 5.27. The number of anilines is 1. The minimum absolute atomic E-state index is 0.0317. The van der Waals surface area contributed by atoms with Crippen LogP contribution >= 0.6 is 0 Å². The van der Waals surface area contributed by atoms with Crippen molar-refractivity contribution in [1.82, 2.24) is 9.78 Å². The van der Waals surface area contributed by atoms with Crippen molar-refractivity contribution in [2.75, 3.05) is 5.32 Å². The van der Waals surface area contributed by atoms with Crippen molar-refractivity contribution >= 4 is 17.7 Å². The summed E-state index contributed by atoms with van der Waals surface area (Å²) in [6, 6.07) is 0. The maximum Gasteiger partial charge on any atom is 0.412 e. The zero-order valence-corrected chi connectivity index (χ0v) is 10.1. The van der Waals surface area contributed by atoms with Crippen LogP contribution in [0, 0.1) is 0 Å². The Labute approximate surface area is 98.9 Å². The van der Waals surface area contributed by atoms with Gasteiger partial charge in [-0.2, -0.15) is 5.10 Å². The van der Waals surface area contributed by atoms with Gasteiger partial charge in [0.25, 0.3) is 0 Å². The minimum Gasteiger partial charge on any atom is -0.444 e. The van der Waals surface area contributed by atoms with Crippen molar-refractivity contribution < 1.29 is 14.3 Å². The van der Waals surface area contributed by atoms with Crippen molar-refractivity contribution in [3.63, 3.8) is 0 Å². The zero-order chi connectivity index (χ0) is 13.1. The number of nitrogens with zero attached hydrogens (tertiary/aromatic N) is 2. The normalized spacial score (nSPS) is 11.0. The Balaban J connectivity index is 2.55. The van der Waals surface area contributed by atoms with Gasteiger partial charge in [0.2, 0.25) is 5.91 Å². The van der Waals surface area contributed by atoms with Crippen LogP contribution in [0.25, 0.3) is 0 Å². The van der Waals surface area contributed by atoms with E-state index in [1.807, 2.05) is 0 Å². The van der Waals surface area contributed by atoms with Crippen molar-refractivity contribution in [3.05, 3.63) is 12.4 Å². The smallest absolute Gasteiger partial charge is 0.412 e. The summed E-state index contributed by atoms with van der Waals surface area (Å²) in [6.07, 6.45) is 2.33. The second kappa shape index (κ2) is 4.86. The van der Waals surface area contributed by atoms with Crippen LogP contribution in [0.2, 0.25) is 0 Å². The minimum atomic E-state index is -0.573. The van der Waals surface area contributed by atoms with Gasteiger partial charge in [-0.25, -0.2) is 4.79 Å². The molecule has 0 fully saturated rings. The van der Waals surface area contributed by atoms with Gasteiger partial charge in [0.15, 0.2) is 0 Å². The van der Waals surface area contributed by atoms with E-state index in [1.165, 1.54) is 17.1 Å². The highest BCUT2D eigenvalue weighted by atomic mass is 16.6. The number of aromatic nitrogens is 2. The Bertz CT molecular complexity index is 419. The van der Waals surface area contributed by atoms with E-state index in [9.17, 15) is 9.59 Å². The first-order valence-corrected chi connectivity index (χ1v) is 5.07. The molecular formula is C10H16N4O3. The number of carbonyl (C=O) groups excluding carboxylic acids is 2. The van der Waals surface area contributed by atoms with Crippen LogP contribution in [-0.4, -0.2) is 27.4 Å². The number of hydrogen-bond donors (Lipinski definition) is 2. The van der Waals surface area contributed by atoms with Gasteiger partial charge in [0.1, 0.15) is 12.1 Å². The van der Waals surface area contributed by atoms with Gasteiger partial charge in [0, 0.05) is 6.20 Å². The van der Waals surface area contributed by atoms with Crippen LogP contribution in [0.1, 0.15) is 20.8 Å². The Morgan fingerprint density at radius 3 is 2.71 bits per heavy atom. The van der Waals surface area contributed by atoms with E-state index < -0.39 is 17.6 Å². The second-order valence-corrected chi connectivity index (χ2v) is 4.52. The molecule has 3 N–H and O–H groups in total. The molecule has 0 atom stereocenters. The van der Waals surface area contributed by atoms with Gasteiger partial charge in [-0.15, -0.1) is 0 Å². The van der Waals surface area contributed by atoms with E-state index in [2.05, 4.69) is 10.4 Å². The lowest BCUT2D eigenvalue weighted by Crippen LogP contribution is -2.27. The van der Waals surface area contributed by atoms with Gasteiger partial charge >= 0.3 is 6.09 Å². The second-order valence-electron chi connectivity index (χ2n) is 4.52. The molecule has 1 heterocycles. The maximum atomic E-state index is 11.4. The summed E-state index contributed by atoms with van der Waals surface area (Å²) in [5.41, 5.74) is 4.89. The van der Waals surface area contributed by atoms with Crippen molar-refractivity contribution in [2.45, 2.75) is 32.9 Å². The van der Waals surface area contributed by atoms with E-state index >= 15 is 0 Å². The Kier molecular flexibility index (Phi) is 3.72. The quantitative estimate of drug-likeness (QED) is 0.812. The average Bonchev–Trinajstić information content (AvgIpc) is 2.46. The van der Waals surface area contributed by atoms with Gasteiger partial charge in [-0.3, -0.25) is 14.8 Å². The fourth-order valence-corrected chi connectivity index (χ4v) is 1.10. The molecule has 0 spiro atoms. The molecule has 17 heavy (non-hydrogen) atoms. The monoisotopic (exact) mass is 240 g/mol. The zero-order valence-electron chi connectivity index (χ0n) is 10.1. The summed E-state index contributed by atoms with van der Waals surface area (Å²) < 4.78 is 6.38. The summed E-state index contributed by atoms with van der Waals surface area (Å²) in [5, 5.41) is 6.35. The molecule has 2 amide bonds. The third-order valence-electron chi connectivity index (χ3n) is 1.60. The largest absolute Gasteiger partial charge is 0.444 e. The van der Waals surface area contributed by atoms with E-state index in [4.69, 9.17) is 10.5 Å². The first-order valence-electron chi connectivity index (χ1n) is 5.07. The number of primary amides is 1. The molecule has 0 saturated heterocycles. The van der Waals surface area contributed by atoms with Crippen molar-refractivity contribution in [2.24, 2.45) is 5.73 Å². The first kappa shape index (κ1) is 13.0. The molecule has 7 nitrogen and oxygen atoms in total. The summed E-state index contributed by atoms with van der Waals surface area (Å²) in [7, 11) is 0. The van der Waals surface area contributed by atoms with E-state index in [-0.39, 0.29) is 6.54 Å². The lowest BCUT2D eigenvalue weighted by Gasteiger charge is -2.19. The molecule has 0 aliphatic carbocycles. The number of rotatable bonds is 3.